The van der Waals surface area contributed by atoms with Gasteiger partial charge in [0.25, 0.3) is 0 Å². The second kappa shape index (κ2) is 10.3. The minimum absolute atomic E-state index is 0.378. The minimum Gasteiger partial charge on any atom is -0.494 e. The van der Waals surface area contributed by atoms with E-state index in [1.807, 2.05) is 55.5 Å². The minimum atomic E-state index is -2.83. The van der Waals surface area contributed by atoms with Gasteiger partial charge < -0.3 is 15.4 Å². The van der Waals surface area contributed by atoms with Crippen molar-refractivity contribution in [1.29, 1.82) is 4.78 Å². The first kappa shape index (κ1) is 23.2. The predicted octanol–water partition coefficient (Wildman–Crippen LogP) is 5.33. The molecule has 34 heavy (non-hydrogen) atoms. The third-order valence-corrected chi connectivity index (χ3v) is 6.12. The molecule has 0 saturated heterocycles. The van der Waals surface area contributed by atoms with Crippen LogP contribution in [0.15, 0.2) is 84.0 Å². The summed E-state index contributed by atoms with van der Waals surface area (Å²) in [6.07, 6.45) is 4.90. The quantitative estimate of drug-likeness (QED) is 0.300. The maximum absolute atomic E-state index is 12.1. The fourth-order valence-electron chi connectivity index (χ4n) is 3.31. The van der Waals surface area contributed by atoms with Gasteiger partial charge in [0.05, 0.1) is 28.6 Å². The summed E-state index contributed by atoms with van der Waals surface area (Å²) in [6, 6.07) is 20.5. The fraction of sp³-hybridized carbons (Fsp3) is 0.160. The highest BCUT2D eigenvalue weighted by atomic mass is 32.2. The Balaban J connectivity index is 1.65. The number of nitrogens with zero attached hydrogens (tertiary/aromatic N) is 3. The molecule has 2 aromatic carbocycles. The number of pyridine rings is 1. The van der Waals surface area contributed by atoms with Gasteiger partial charge >= 0.3 is 0 Å². The van der Waals surface area contributed by atoms with Crippen molar-refractivity contribution in [3.05, 3.63) is 84.8 Å². The van der Waals surface area contributed by atoms with Crippen molar-refractivity contribution in [3.8, 4) is 16.9 Å². The molecular weight excluding hydrogens is 448 g/mol. The van der Waals surface area contributed by atoms with Crippen LogP contribution in [0.2, 0.25) is 0 Å². The van der Waals surface area contributed by atoms with Crippen LogP contribution in [0.25, 0.3) is 11.1 Å². The summed E-state index contributed by atoms with van der Waals surface area (Å²) in [5.74, 6) is 1.82. The van der Waals surface area contributed by atoms with Gasteiger partial charge in [-0.15, -0.1) is 0 Å². The number of benzene rings is 2. The summed E-state index contributed by atoms with van der Waals surface area (Å²) in [7, 11) is -2.83. The Morgan fingerprint density at radius 3 is 2.56 bits per heavy atom. The molecule has 1 atom stereocenters. The van der Waals surface area contributed by atoms with E-state index in [1.165, 1.54) is 6.26 Å². The molecule has 4 aromatic rings. The van der Waals surface area contributed by atoms with Gasteiger partial charge in [0.1, 0.15) is 11.6 Å². The van der Waals surface area contributed by atoms with Crippen LogP contribution in [0.4, 0.5) is 17.5 Å². The number of ether oxygens (including phenoxy) is 1. The highest BCUT2D eigenvalue weighted by Gasteiger charge is 2.12. The summed E-state index contributed by atoms with van der Waals surface area (Å²) in [5, 5.41) is 6.52. The van der Waals surface area contributed by atoms with Gasteiger partial charge in [-0.3, -0.25) is 4.98 Å². The zero-order chi connectivity index (χ0) is 24.0. The normalized spacial score (nSPS) is 12.5. The SMILES string of the molecule is CCOc1ccc(-c2cnc(Nc3cccc(S(C)(=N)=O)c3)nc2NCc2ccccn2)cc1. The van der Waals surface area contributed by atoms with Crippen molar-refractivity contribution in [1.82, 2.24) is 15.0 Å². The second-order valence-corrected chi connectivity index (χ2v) is 9.74. The van der Waals surface area contributed by atoms with Crippen LogP contribution in [0.3, 0.4) is 0 Å². The first-order valence-electron chi connectivity index (χ1n) is 10.8. The number of hydrogen-bond donors (Lipinski definition) is 3. The lowest BCUT2D eigenvalue weighted by Crippen LogP contribution is -2.07. The third-order valence-electron chi connectivity index (χ3n) is 4.97. The highest BCUT2D eigenvalue weighted by molar-refractivity contribution is 7.91. The summed E-state index contributed by atoms with van der Waals surface area (Å²) >= 11 is 0. The summed E-state index contributed by atoms with van der Waals surface area (Å²) in [6.45, 7) is 3.05. The van der Waals surface area contributed by atoms with Gasteiger partial charge in [-0.2, -0.15) is 4.98 Å². The Morgan fingerprint density at radius 1 is 1.03 bits per heavy atom. The van der Waals surface area contributed by atoms with Gasteiger partial charge in [-0.25, -0.2) is 14.0 Å². The lowest BCUT2D eigenvalue weighted by atomic mass is 10.1. The molecule has 8 nitrogen and oxygen atoms in total. The zero-order valence-electron chi connectivity index (χ0n) is 19.0. The molecule has 1 unspecified atom stereocenters. The van der Waals surface area contributed by atoms with Crippen molar-refractivity contribution in [2.24, 2.45) is 0 Å². The van der Waals surface area contributed by atoms with E-state index in [-0.39, 0.29) is 0 Å². The number of rotatable bonds is 9. The van der Waals surface area contributed by atoms with Crippen LogP contribution >= 0.6 is 0 Å². The monoisotopic (exact) mass is 474 g/mol. The van der Waals surface area contributed by atoms with E-state index in [1.54, 1.807) is 30.6 Å². The van der Waals surface area contributed by atoms with E-state index >= 15 is 0 Å². The average Bonchev–Trinajstić information content (AvgIpc) is 2.84. The number of aromatic nitrogens is 3. The lowest BCUT2D eigenvalue weighted by Gasteiger charge is -2.14. The molecule has 0 saturated carbocycles. The Kier molecular flexibility index (Phi) is 7.03. The Hall–Kier alpha value is -3.98. The van der Waals surface area contributed by atoms with E-state index in [4.69, 9.17) is 14.5 Å². The molecule has 0 spiro atoms. The second-order valence-electron chi connectivity index (χ2n) is 7.58. The fourth-order valence-corrected chi connectivity index (χ4v) is 4.00. The molecule has 0 aliphatic rings. The van der Waals surface area contributed by atoms with Crippen LogP contribution in [0.1, 0.15) is 12.6 Å². The first-order chi connectivity index (χ1) is 16.4. The molecule has 9 heteroatoms. The van der Waals surface area contributed by atoms with Crippen LogP contribution in [-0.4, -0.2) is 32.0 Å². The van der Waals surface area contributed by atoms with Gasteiger partial charge in [0, 0.05) is 34.8 Å². The van der Waals surface area contributed by atoms with E-state index < -0.39 is 9.73 Å². The van der Waals surface area contributed by atoms with Crippen molar-refractivity contribution < 1.29 is 8.95 Å². The number of anilines is 3. The van der Waals surface area contributed by atoms with Crippen LogP contribution in [0, 0.1) is 4.78 Å². The molecule has 4 rings (SSSR count). The van der Waals surface area contributed by atoms with Crippen LogP contribution in [0.5, 0.6) is 5.75 Å². The standard InChI is InChI=1S/C25H26N6O2S/c1-3-33-21-12-10-18(11-13-21)23-17-29-25(30-19-8-6-9-22(15-19)34(2,26)32)31-24(23)28-16-20-7-4-5-14-27-20/h4-15,17,26H,3,16H2,1-2H3,(H2,28,29,30,31). The Labute approximate surface area is 199 Å². The van der Waals surface area contributed by atoms with E-state index in [2.05, 4.69) is 20.6 Å². The molecular formula is C25H26N6O2S. The molecule has 0 fully saturated rings. The molecule has 174 valence electrons. The summed E-state index contributed by atoms with van der Waals surface area (Å²) < 4.78 is 25.5. The predicted molar refractivity (Wildman–Crippen MR) is 135 cm³/mol. The average molecular weight is 475 g/mol. The Morgan fingerprint density at radius 2 is 1.85 bits per heavy atom. The lowest BCUT2D eigenvalue weighted by molar-refractivity contribution is 0.340. The van der Waals surface area contributed by atoms with E-state index in [9.17, 15) is 4.21 Å². The number of hydrogen-bond acceptors (Lipinski definition) is 8. The first-order valence-corrected chi connectivity index (χ1v) is 12.7. The smallest absolute Gasteiger partial charge is 0.229 e. The third kappa shape index (κ3) is 5.87. The molecule has 0 amide bonds. The van der Waals surface area contributed by atoms with E-state index in [0.29, 0.717) is 35.5 Å². The maximum Gasteiger partial charge on any atom is 0.229 e. The largest absolute Gasteiger partial charge is 0.494 e. The van der Waals surface area contributed by atoms with Gasteiger partial charge in [-0.1, -0.05) is 24.3 Å². The molecule has 2 aromatic heterocycles. The number of nitrogens with one attached hydrogen (secondary N) is 3. The van der Waals surface area contributed by atoms with Crippen LogP contribution in [-0.2, 0) is 16.3 Å². The van der Waals surface area contributed by atoms with Crippen molar-refractivity contribution in [2.75, 3.05) is 23.5 Å². The molecule has 0 radical (unpaired) electrons. The maximum atomic E-state index is 12.1. The van der Waals surface area contributed by atoms with Gasteiger partial charge in [0.15, 0.2) is 0 Å². The van der Waals surface area contributed by atoms with Gasteiger partial charge in [0.2, 0.25) is 5.95 Å². The van der Waals surface area contributed by atoms with E-state index in [0.717, 1.165) is 22.6 Å². The van der Waals surface area contributed by atoms with Crippen LogP contribution < -0.4 is 15.4 Å². The molecule has 0 aliphatic heterocycles. The van der Waals surface area contributed by atoms with Crippen molar-refractivity contribution >= 4 is 27.2 Å². The zero-order valence-corrected chi connectivity index (χ0v) is 19.8. The molecule has 2 heterocycles. The molecule has 0 aliphatic carbocycles. The van der Waals surface area contributed by atoms with Crippen molar-refractivity contribution in [3.63, 3.8) is 0 Å². The summed E-state index contributed by atoms with van der Waals surface area (Å²) in [5.41, 5.74) is 3.32. The summed E-state index contributed by atoms with van der Waals surface area (Å²) in [4.78, 5) is 14.0. The molecule has 0 bridgehead atoms. The molecule has 3 N–H and O–H groups in total. The highest BCUT2D eigenvalue weighted by Crippen LogP contribution is 2.29. The Bertz CT molecular complexity index is 1360. The van der Waals surface area contributed by atoms with Gasteiger partial charge in [-0.05, 0) is 55.0 Å². The van der Waals surface area contributed by atoms with Crippen molar-refractivity contribution in [2.45, 2.75) is 18.4 Å². The topological polar surface area (TPSA) is 113 Å².